The predicted octanol–water partition coefficient (Wildman–Crippen LogP) is 2.56. The molecule has 0 spiro atoms. The zero-order valence-electron chi connectivity index (χ0n) is 9.64. The van der Waals surface area contributed by atoms with E-state index >= 15 is 0 Å². The number of aryl methyl sites for hydroxylation is 1. The second-order valence-electron chi connectivity index (χ2n) is 4.52. The van der Waals surface area contributed by atoms with Crippen LogP contribution in [0.1, 0.15) is 18.4 Å². The first-order valence-corrected chi connectivity index (χ1v) is 5.79. The van der Waals surface area contributed by atoms with Crippen LogP contribution in [0.15, 0.2) is 12.1 Å². The van der Waals surface area contributed by atoms with E-state index in [9.17, 15) is 0 Å². The van der Waals surface area contributed by atoms with Crippen molar-refractivity contribution in [1.82, 2.24) is 0 Å². The summed E-state index contributed by atoms with van der Waals surface area (Å²) < 4.78 is 5.30. The van der Waals surface area contributed by atoms with Gasteiger partial charge in [-0.15, -0.1) is 0 Å². The van der Waals surface area contributed by atoms with Gasteiger partial charge in [0, 0.05) is 17.1 Å². The van der Waals surface area contributed by atoms with Gasteiger partial charge < -0.3 is 15.8 Å². The molecule has 16 heavy (non-hydrogen) atoms. The van der Waals surface area contributed by atoms with Gasteiger partial charge in [0.1, 0.15) is 5.75 Å². The maximum atomic E-state index is 6.08. The number of hydrogen-bond acceptors (Lipinski definition) is 3. The third-order valence-corrected chi connectivity index (χ3v) is 3.41. The molecule has 1 aliphatic carbocycles. The Kier molecular flexibility index (Phi) is 3.00. The van der Waals surface area contributed by atoms with Gasteiger partial charge in [-0.05, 0) is 37.5 Å². The highest BCUT2D eigenvalue weighted by atomic mass is 35.5. The van der Waals surface area contributed by atoms with Crippen LogP contribution in [0.25, 0.3) is 0 Å². The second-order valence-corrected chi connectivity index (χ2v) is 4.92. The van der Waals surface area contributed by atoms with Crippen LogP contribution in [-0.4, -0.2) is 19.2 Å². The highest BCUT2D eigenvalue weighted by molar-refractivity contribution is 6.31. The minimum absolute atomic E-state index is 0.0254. The van der Waals surface area contributed by atoms with Gasteiger partial charge in [0.2, 0.25) is 0 Å². The molecule has 1 fully saturated rings. The lowest BCUT2D eigenvalue weighted by Gasteiger charge is -2.15. The van der Waals surface area contributed by atoms with Gasteiger partial charge in [0.25, 0.3) is 0 Å². The summed E-state index contributed by atoms with van der Waals surface area (Å²) in [4.78, 5) is 0. The van der Waals surface area contributed by atoms with E-state index in [1.807, 2.05) is 19.1 Å². The van der Waals surface area contributed by atoms with Gasteiger partial charge in [0.05, 0.1) is 12.8 Å². The van der Waals surface area contributed by atoms with Crippen molar-refractivity contribution in [2.75, 3.05) is 19.0 Å². The van der Waals surface area contributed by atoms with Crippen LogP contribution < -0.4 is 15.8 Å². The number of halogens is 1. The Balaban J connectivity index is 2.14. The predicted molar refractivity (Wildman–Crippen MR) is 67.4 cm³/mol. The maximum Gasteiger partial charge on any atom is 0.142 e. The van der Waals surface area contributed by atoms with Crippen molar-refractivity contribution >= 4 is 17.3 Å². The number of ether oxygens (including phenoxy) is 1. The van der Waals surface area contributed by atoms with Crippen molar-refractivity contribution in [2.24, 2.45) is 5.73 Å². The molecule has 1 aromatic carbocycles. The molecule has 3 N–H and O–H groups in total. The number of rotatable bonds is 4. The van der Waals surface area contributed by atoms with Gasteiger partial charge in [-0.2, -0.15) is 0 Å². The summed E-state index contributed by atoms with van der Waals surface area (Å²) >= 11 is 6.08. The fraction of sp³-hybridized carbons (Fsp3) is 0.500. The summed E-state index contributed by atoms with van der Waals surface area (Å²) in [7, 11) is 1.66. The highest BCUT2D eigenvalue weighted by Gasteiger charge is 2.37. The van der Waals surface area contributed by atoms with Crippen LogP contribution in [0.5, 0.6) is 5.75 Å². The molecule has 0 atom stereocenters. The minimum Gasteiger partial charge on any atom is -0.495 e. The van der Waals surface area contributed by atoms with Crippen molar-refractivity contribution < 1.29 is 4.74 Å². The molecule has 3 nitrogen and oxygen atoms in total. The van der Waals surface area contributed by atoms with E-state index in [0.717, 1.165) is 41.4 Å². The molecule has 0 aliphatic heterocycles. The molecule has 2 rings (SSSR count). The first kappa shape index (κ1) is 11.6. The number of benzene rings is 1. The summed E-state index contributed by atoms with van der Waals surface area (Å²) in [6.45, 7) is 2.72. The number of hydrogen-bond donors (Lipinski definition) is 2. The van der Waals surface area contributed by atoms with Gasteiger partial charge in [-0.1, -0.05) is 11.6 Å². The van der Waals surface area contributed by atoms with Crippen LogP contribution in [0.3, 0.4) is 0 Å². The first-order chi connectivity index (χ1) is 7.54. The van der Waals surface area contributed by atoms with Crippen molar-refractivity contribution in [3.05, 3.63) is 22.7 Å². The Morgan fingerprint density at radius 3 is 2.75 bits per heavy atom. The Morgan fingerprint density at radius 2 is 2.19 bits per heavy atom. The van der Waals surface area contributed by atoms with E-state index in [4.69, 9.17) is 22.1 Å². The molecule has 88 valence electrons. The fourth-order valence-electron chi connectivity index (χ4n) is 1.57. The smallest absolute Gasteiger partial charge is 0.142 e. The number of anilines is 1. The Morgan fingerprint density at radius 1 is 1.50 bits per heavy atom. The van der Waals surface area contributed by atoms with E-state index < -0.39 is 0 Å². The number of nitrogens with two attached hydrogens (primary N) is 1. The van der Waals surface area contributed by atoms with Crippen LogP contribution in [-0.2, 0) is 0 Å². The van der Waals surface area contributed by atoms with Crippen LogP contribution in [0.2, 0.25) is 5.02 Å². The van der Waals surface area contributed by atoms with Gasteiger partial charge in [-0.3, -0.25) is 0 Å². The molecule has 0 radical (unpaired) electrons. The third-order valence-electron chi connectivity index (χ3n) is 3.00. The van der Waals surface area contributed by atoms with E-state index in [1.54, 1.807) is 7.11 Å². The van der Waals surface area contributed by atoms with Crippen LogP contribution >= 0.6 is 11.6 Å². The zero-order valence-corrected chi connectivity index (χ0v) is 10.4. The highest BCUT2D eigenvalue weighted by Crippen LogP contribution is 2.35. The van der Waals surface area contributed by atoms with E-state index in [2.05, 4.69) is 5.32 Å². The van der Waals surface area contributed by atoms with Crippen molar-refractivity contribution in [1.29, 1.82) is 0 Å². The quantitative estimate of drug-likeness (QED) is 0.851. The molecule has 1 aliphatic rings. The monoisotopic (exact) mass is 240 g/mol. The van der Waals surface area contributed by atoms with Crippen molar-refractivity contribution in [2.45, 2.75) is 25.3 Å². The molecule has 0 unspecified atom stereocenters. The van der Waals surface area contributed by atoms with E-state index in [0.29, 0.717) is 0 Å². The molecule has 0 saturated heterocycles. The third kappa shape index (κ3) is 2.42. The van der Waals surface area contributed by atoms with E-state index in [1.165, 1.54) is 0 Å². The molecule has 0 heterocycles. The molecule has 1 aromatic rings. The second kappa shape index (κ2) is 4.15. The normalized spacial score (nSPS) is 17.0. The van der Waals surface area contributed by atoms with Crippen LogP contribution in [0.4, 0.5) is 5.69 Å². The fourth-order valence-corrected chi connectivity index (χ4v) is 1.73. The molecular weight excluding hydrogens is 224 g/mol. The Hall–Kier alpha value is -0.930. The summed E-state index contributed by atoms with van der Waals surface area (Å²) in [5, 5.41) is 4.04. The molecule has 0 aromatic heterocycles. The van der Waals surface area contributed by atoms with Gasteiger partial charge in [0.15, 0.2) is 0 Å². The SMILES string of the molecule is COc1cc(C)c(Cl)cc1NCC1(N)CC1. The topological polar surface area (TPSA) is 47.3 Å². The van der Waals surface area contributed by atoms with Crippen LogP contribution in [0, 0.1) is 6.92 Å². The molecular formula is C12H17ClN2O. The average Bonchev–Trinajstić information content (AvgIpc) is 2.98. The summed E-state index contributed by atoms with van der Waals surface area (Å²) in [6.07, 6.45) is 2.17. The first-order valence-electron chi connectivity index (χ1n) is 5.41. The minimum atomic E-state index is -0.0254. The van der Waals surface area contributed by atoms with Gasteiger partial charge >= 0.3 is 0 Å². The van der Waals surface area contributed by atoms with Gasteiger partial charge in [-0.25, -0.2) is 0 Å². The maximum absolute atomic E-state index is 6.08. The molecule has 0 amide bonds. The standard InChI is InChI=1S/C12H17ClN2O/c1-8-5-11(16-2)10(6-9(8)13)15-7-12(14)3-4-12/h5-6,15H,3-4,7,14H2,1-2H3. The average molecular weight is 241 g/mol. The lowest BCUT2D eigenvalue weighted by atomic mass is 10.2. The summed E-state index contributed by atoms with van der Waals surface area (Å²) in [5.74, 6) is 0.811. The lowest BCUT2D eigenvalue weighted by molar-refractivity contribution is 0.416. The zero-order chi connectivity index (χ0) is 11.8. The summed E-state index contributed by atoms with van der Waals surface area (Å²) in [6, 6.07) is 3.82. The molecule has 1 saturated carbocycles. The Bertz CT molecular complexity index is 402. The summed E-state index contributed by atoms with van der Waals surface area (Å²) in [5.41, 5.74) is 7.92. The van der Waals surface area contributed by atoms with E-state index in [-0.39, 0.29) is 5.54 Å². The van der Waals surface area contributed by atoms with Crippen molar-refractivity contribution in [3.8, 4) is 5.75 Å². The number of nitrogens with one attached hydrogen (secondary N) is 1. The molecule has 0 bridgehead atoms. The molecule has 4 heteroatoms. The number of methoxy groups -OCH3 is 1. The largest absolute Gasteiger partial charge is 0.495 e. The van der Waals surface area contributed by atoms with Crippen molar-refractivity contribution in [3.63, 3.8) is 0 Å². The Labute approximate surface area is 101 Å². The lowest BCUT2D eigenvalue weighted by Crippen LogP contribution is -2.31.